The lowest BCUT2D eigenvalue weighted by Crippen LogP contribution is -2.29. The second-order valence-electron chi connectivity index (χ2n) is 5.08. The van der Waals surface area contributed by atoms with Gasteiger partial charge in [-0.1, -0.05) is 0 Å². The predicted octanol–water partition coefficient (Wildman–Crippen LogP) is 0.577. The standard InChI is InChI=1S/C14H18N4O3/c1-8-12(5-13(19)20)10(3)18(14(21)16-8)7-11-6-15-17(4)9(11)2/h6H,5,7H2,1-4H3,(H,19,20). The van der Waals surface area contributed by atoms with Crippen molar-refractivity contribution >= 4 is 5.97 Å². The summed E-state index contributed by atoms with van der Waals surface area (Å²) in [5.41, 5.74) is 3.19. The molecule has 0 unspecified atom stereocenters. The van der Waals surface area contributed by atoms with Crippen LogP contribution in [0.25, 0.3) is 0 Å². The fraction of sp³-hybridized carbons (Fsp3) is 0.429. The fourth-order valence-corrected chi connectivity index (χ4v) is 2.30. The minimum absolute atomic E-state index is 0.142. The van der Waals surface area contributed by atoms with Gasteiger partial charge in [0.25, 0.3) is 0 Å². The van der Waals surface area contributed by atoms with E-state index in [0.29, 0.717) is 23.5 Å². The quantitative estimate of drug-likeness (QED) is 0.889. The smallest absolute Gasteiger partial charge is 0.348 e. The van der Waals surface area contributed by atoms with Crippen LogP contribution in [0, 0.1) is 20.8 Å². The maximum Gasteiger partial charge on any atom is 0.348 e. The van der Waals surface area contributed by atoms with Crippen molar-refractivity contribution in [3.8, 4) is 0 Å². The maximum atomic E-state index is 12.1. The Balaban J connectivity index is 2.51. The Morgan fingerprint density at radius 3 is 2.48 bits per heavy atom. The van der Waals surface area contributed by atoms with Gasteiger partial charge in [-0.2, -0.15) is 10.1 Å². The van der Waals surface area contributed by atoms with Gasteiger partial charge in [-0.25, -0.2) is 4.79 Å². The molecule has 2 aromatic heterocycles. The zero-order valence-electron chi connectivity index (χ0n) is 12.5. The molecule has 2 heterocycles. The highest BCUT2D eigenvalue weighted by molar-refractivity contribution is 5.70. The summed E-state index contributed by atoms with van der Waals surface area (Å²) in [5, 5.41) is 13.1. The van der Waals surface area contributed by atoms with Crippen molar-refractivity contribution < 1.29 is 9.90 Å². The van der Waals surface area contributed by atoms with Crippen molar-refractivity contribution in [2.24, 2.45) is 7.05 Å². The third-order valence-corrected chi connectivity index (χ3v) is 3.77. The molecule has 0 saturated heterocycles. The first kappa shape index (κ1) is 15.0. The van der Waals surface area contributed by atoms with Gasteiger partial charge < -0.3 is 5.11 Å². The Bertz CT molecular complexity index is 758. The van der Waals surface area contributed by atoms with Gasteiger partial charge in [0.2, 0.25) is 0 Å². The molecule has 7 nitrogen and oxygen atoms in total. The van der Waals surface area contributed by atoms with Crippen LogP contribution in [0.2, 0.25) is 0 Å². The van der Waals surface area contributed by atoms with Crippen molar-refractivity contribution in [3.63, 3.8) is 0 Å². The van der Waals surface area contributed by atoms with Gasteiger partial charge in [0.1, 0.15) is 0 Å². The lowest BCUT2D eigenvalue weighted by molar-refractivity contribution is -0.136. The molecule has 0 radical (unpaired) electrons. The van der Waals surface area contributed by atoms with E-state index in [4.69, 9.17) is 5.11 Å². The van der Waals surface area contributed by atoms with Gasteiger partial charge in [0, 0.05) is 35.3 Å². The van der Waals surface area contributed by atoms with Crippen molar-refractivity contribution in [3.05, 3.63) is 44.9 Å². The molecule has 0 bridgehead atoms. The monoisotopic (exact) mass is 290 g/mol. The molecule has 21 heavy (non-hydrogen) atoms. The van der Waals surface area contributed by atoms with Crippen LogP contribution in [-0.2, 0) is 24.8 Å². The minimum Gasteiger partial charge on any atom is -0.481 e. The Labute approximate surface area is 121 Å². The van der Waals surface area contributed by atoms with E-state index in [-0.39, 0.29) is 12.1 Å². The average molecular weight is 290 g/mol. The lowest BCUT2D eigenvalue weighted by Gasteiger charge is -2.14. The number of aliphatic carboxylic acids is 1. The Hall–Kier alpha value is -2.44. The van der Waals surface area contributed by atoms with Crippen molar-refractivity contribution in [2.45, 2.75) is 33.7 Å². The van der Waals surface area contributed by atoms with Crippen LogP contribution in [0.4, 0.5) is 0 Å². The molecular formula is C14H18N4O3. The molecular weight excluding hydrogens is 272 g/mol. The first-order valence-electron chi connectivity index (χ1n) is 6.57. The third kappa shape index (κ3) is 2.86. The average Bonchev–Trinajstić information content (AvgIpc) is 2.71. The zero-order valence-corrected chi connectivity index (χ0v) is 12.5. The highest BCUT2D eigenvalue weighted by Gasteiger charge is 2.15. The summed E-state index contributed by atoms with van der Waals surface area (Å²) in [6.07, 6.45) is 1.56. The van der Waals surface area contributed by atoms with Crippen LogP contribution in [0.15, 0.2) is 11.0 Å². The third-order valence-electron chi connectivity index (χ3n) is 3.77. The Morgan fingerprint density at radius 2 is 1.95 bits per heavy atom. The van der Waals surface area contributed by atoms with E-state index in [1.54, 1.807) is 24.7 Å². The number of rotatable bonds is 4. The van der Waals surface area contributed by atoms with Crippen LogP contribution in [0.5, 0.6) is 0 Å². The molecule has 0 aliphatic rings. The van der Waals surface area contributed by atoms with E-state index in [0.717, 1.165) is 11.3 Å². The number of hydrogen-bond acceptors (Lipinski definition) is 4. The number of hydrogen-bond donors (Lipinski definition) is 1. The zero-order chi connectivity index (χ0) is 15.7. The number of aromatic nitrogens is 4. The number of carbonyl (C=O) groups is 1. The van der Waals surface area contributed by atoms with E-state index in [1.165, 1.54) is 4.57 Å². The van der Waals surface area contributed by atoms with E-state index < -0.39 is 5.97 Å². The summed E-state index contributed by atoms with van der Waals surface area (Å²) < 4.78 is 3.23. The molecule has 0 saturated carbocycles. The van der Waals surface area contributed by atoms with Crippen LogP contribution < -0.4 is 5.69 Å². The van der Waals surface area contributed by atoms with Gasteiger partial charge in [-0.05, 0) is 20.8 Å². The molecule has 2 rings (SSSR count). The molecule has 0 aliphatic heterocycles. The summed E-state index contributed by atoms with van der Waals surface area (Å²) in [6, 6.07) is 0. The molecule has 0 atom stereocenters. The summed E-state index contributed by atoms with van der Waals surface area (Å²) in [4.78, 5) is 27.0. The predicted molar refractivity (Wildman–Crippen MR) is 76.4 cm³/mol. The first-order valence-corrected chi connectivity index (χ1v) is 6.57. The number of carboxylic acids is 1. The molecule has 2 aromatic rings. The summed E-state index contributed by atoms with van der Waals surface area (Å²) in [5.74, 6) is -0.939. The Morgan fingerprint density at radius 1 is 1.29 bits per heavy atom. The number of aryl methyl sites for hydroxylation is 2. The second kappa shape index (κ2) is 5.51. The normalized spacial score (nSPS) is 10.9. The molecule has 0 amide bonds. The SMILES string of the molecule is Cc1nc(=O)n(Cc2cnn(C)c2C)c(C)c1CC(=O)O. The van der Waals surface area contributed by atoms with E-state index in [1.807, 2.05) is 14.0 Å². The molecule has 0 aromatic carbocycles. The number of carboxylic acid groups (broad SMARTS) is 1. The molecule has 0 fully saturated rings. The van der Waals surface area contributed by atoms with Crippen molar-refractivity contribution in [1.82, 2.24) is 19.3 Å². The summed E-state index contributed by atoms with van der Waals surface area (Å²) in [7, 11) is 1.83. The number of nitrogens with zero attached hydrogens (tertiary/aromatic N) is 4. The van der Waals surface area contributed by atoms with Crippen LogP contribution >= 0.6 is 0 Å². The van der Waals surface area contributed by atoms with E-state index in [2.05, 4.69) is 10.1 Å². The van der Waals surface area contributed by atoms with E-state index >= 15 is 0 Å². The van der Waals surface area contributed by atoms with Crippen LogP contribution in [-0.4, -0.2) is 30.4 Å². The van der Waals surface area contributed by atoms with Gasteiger partial charge in [0.15, 0.2) is 0 Å². The summed E-state index contributed by atoms with van der Waals surface area (Å²) in [6.45, 7) is 5.67. The van der Waals surface area contributed by atoms with Crippen molar-refractivity contribution in [2.75, 3.05) is 0 Å². The largest absolute Gasteiger partial charge is 0.481 e. The van der Waals surface area contributed by atoms with Gasteiger partial charge in [0.05, 0.1) is 19.2 Å². The summed E-state index contributed by atoms with van der Waals surface area (Å²) >= 11 is 0. The fourth-order valence-electron chi connectivity index (χ4n) is 2.30. The molecule has 0 spiro atoms. The maximum absolute atomic E-state index is 12.1. The second-order valence-corrected chi connectivity index (χ2v) is 5.08. The van der Waals surface area contributed by atoms with Gasteiger partial charge in [-0.3, -0.25) is 14.0 Å². The van der Waals surface area contributed by atoms with Crippen LogP contribution in [0.1, 0.15) is 28.2 Å². The molecule has 1 N–H and O–H groups in total. The lowest BCUT2D eigenvalue weighted by atomic mass is 10.1. The molecule has 7 heteroatoms. The molecule has 0 aliphatic carbocycles. The topological polar surface area (TPSA) is 90.0 Å². The minimum atomic E-state index is -0.939. The van der Waals surface area contributed by atoms with Gasteiger partial charge >= 0.3 is 11.7 Å². The van der Waals surface area contributed by atoms with E-state index in [9.17, 15) is 9.59 Å². The van der Waals surface area contributed by atoms with Crippen LogP contribution in [0.3, 0.4) is 0 Å². The van der Waals surface area contributed by atoms with Gasteiger partial charge in [-0.15, -0.1) is 0 Å². The highest BCUT2D eigenvalue weighted by Crippen LogP contribution is 2.13. The molecule has 112 valence electrons. The van der Waals surface area contributed by atoms with Crippen molar-refractivity contribution in [1.29, 1.82) is 0 Å². The highest BCUT2D eigenvalue weighted by atomic mass is 16.4. The first-order chi connectivity index (χ1) is 9.81. The Kier molecular flexibility index (Phi) is 3.93.